The van der Waals surface area contributed by atoms with Crippen molar-refractivity contribution in [2.24, 2.45) is 0 Å². The van der Waals surface area contributed by atoms with Crippen LogP contribution in [0.3, 0.4) is 0 Å². The number of benzene rings is 2. The summed E-state index contributed by atoms with van der Waals surface area (Å²) < 4.78 is 6.83. The zero-order valence-electron chi connectivity index (χ0n) is 18.8. The third kappa shape index (κ3) is 3.71. The molecule has 10 heteroatoms. The van der Waals surface area contributed by atoms with E-state index < -0.39 is 11.8 Å². The number of aryl methyl sites for hydroxylation is 2. The Kier molecular flexibility index (Phi) is 5.37. The van der Waals surface area contributed by atoms with Crippen molar-refractivity contribution in [3.8, 4) is 5.75 Å². The summed E-state index contributed by atoms with van der Waals surface area (Å²) in [5, 5.41) is 6.99. The first-order valence-electron chi connectivity index (χ1n) is 10.6. The molecule has 0 saturated carbocycles. The predicted octanol–water partition coefficient (Wildman–Crippen LogP) is 3.51. The number of hydrogen-bond donors (Lipinski definition) is 1. The van der Waals surface area contributed by atoms with Gasteiger partial charge in [-0.25, -0.2) is 4.52 Å². The normalized spacial score (nSPS) is 13.0. The van der Waals surface area contributed by atoms with Crippen LogP contribution in [0.5, 0.6) is 5.75 Å². The fraction of sp³-hybridized carbons (Fsp3) is 0.208. The lowest BCUT2D eigenvalue weighted by Crippen LogP contribution is -2.31. The van der Waals surface area contributed by atoms with Crippen LogP contribution in [0.4, 0.5) is 5.95 Å². The molecule has 0 unspecified atom stereocenters. The van der Waals surface area contributed by atoms with Crippen molar-refractivity contribution in [1.29, 1.82) is 0 Å². The van der Waals surface area contributed by atoms with E-state index in [1.54, 1.807) is 11.6 Å². The van der Waals surface area contributed by atoms with Crippen molar-refractivity contribution in [3.05, 3.63) is 75.3 Å². The van der Waals surface area contributed by atoms with Gasteiger partial charge in [0.2, 0.25) is 4.96 Å². The second-order valence-electron chi connectivity index (χ2n) is 7.95. The molecule has 1 aliphatic rings. The van der Waals surface area contributed by atoms with Crippen molar-refractivity contribution < 1.29 is 19.1 Å². The van der Waals surface area contributed by atoms with Gasteiger partial charge in [0.25, 0.3) is 23.7 Å². The van der Waals surface area contributed by atoms with Gasteiger partial charge in [-0.2, -0.15) is 4.98 Å². The zero-order valence-corrected chi connectivity index (χ0v) is 19.6. The van der Waals surface area contributed by atoms with Crippen LogP contribution in [0.15, 0.2) is 42.5 Å². The summed E-state index contributed by atoms with van der Waals surface area (Å²) in [5.74, 6) is -0.293. The quantitative estimate of drug-likeness (QED) is 0.428. The molecule has 0 atom stereocenters. The third-order valence-electron chi connectivity index (χ3n) is 5.89. The number of anilines is 1. The van der Waals surface area contributed by atoms with Crippen LogP contribution in [-0.4, -0.2) is 50.9 Å². The highest BCUT2D eigenvalue weighted by molar-refractivity contribution is 7.17. The van der Waals surface area contributed by atoms with Gasteiger partial charge in [-0.05, 0) is 56.2 Å². The molecule has 0 radical (unpaired) electrons. The highest BCUT2D eigenvalue weighted by Crippen LogP contribution is 2.26. The molecule has 3 amide bonds. The molecule has 0 fully saturated rings. The number of ether oxygens (including phenoxy) is 1. The molecule has 172 valence electrons. The lowest BCUT2D eigenvalue weighted by molar-refractivity contribution is 0.0656. The maximum Gasteiger partial charge on any atom is 0.261 e. The minimum Gasteiger partial charge on any atom is -0.497 e. The Morgan fingerprint density at radius 1 is 1.06 bits per heavy atom. The van der Waals surface area contributed by atoms with Crippen LogP contribution in [0.1, 0.15) is 47.2 Å². The van der Waals surface area contributed by atoms with Gasteiger partial charge in [0.15, 0.2) is 0 Å². The second kappa shape index (κ2) is 8.38. The number of nitrogens with zero attached hydrogens (tertiary/aromatic N) is 4. The van der Waals surface area contributed by atoms with E-state index in [9.17, 15) is 14.4 Å². The zero-order chi connectivity index (χ0) is 24.0. The smallest absolute Gasteiger partial charge is 0.261 e. The lowest BCUT2D eigenvalue weighted by atomic mass is 10.1. The van der Waals surface area contributed by atoms with Crippen molar-refractivity contribution in [1.82, 2.24) is 19.5 Å². The summed E-state index contributed by atoms with van der Waals surface area (Å²) in [5.41, 5.74) is 2.71. The van der Waals surface area contributed by atoms with E-state index in [2.05, 4.69) is 15.4 Å². The number of methoxy groups -OCH3 is 1. The summed E-state index contributed by atoms with van der Waals surface area (Å²) in [6, 6.07) is 12.0. The van der Waals surface area contributed by atoms with Crippen molar-refractivity contribution in [2.45, 2.75) is 20.3 Å². The molecular formula is C24H21N5O4S. The highest BCUT2D eigenvalue weighted by atomic mass is 32.1. The van der Waals surface area contributed by atoms with Crippen LogP contribution in [-0.2, 0) is 6.42 Å². The molecule has 5 rings (SSSR count). The van der Waals surface area contributed by atoms with Crippen LogP contribution < -0.4 is 10.1 Å². The number of imide groups is 1. The number of fused-ring (bicyclic) bond motifs is 2. The van der Waals surface area contributed by atoms with Crippen LogP contribution in [0.2, 0.25) is 0 Å². The Bertz CT molecular complexity index is 1450. The monoisotopic (exact) mass is 475 g/mol. The van der Waals surface area contributed by atoms with Gasteiger partial charge in [-0.15, -0.1) is 5.10 Å². The minimum atomic E-state index is -0.452. The number of thiazole rings is 1. The SMILES string of the molecule is COc1ccc(CCN2C(=O)c3ccc(C(=O)Nc4nc5sc(C)c(C)n5n4)cc3C2=O)cc1. The summed E-state index contributed by atoms with van der Waals surface area (Å²) in [6.07, 6.45) is 0.519. The molecule has 34 heavy (non-hydrogen) atoms. The first-order valence-corrected chi connectivity index (χ1v) is 11.4. The number of aromatic nitrogens is 3. The fourth-order valence-corrected chi connectivity index (χ4v) is 4.74. The summed E-state index contributed by atoms with van der Waals surface area (Å²) in [7, 11) is 1.60. The molecule has 9 nitrogen and oxygen atoms in total. The van der Waals surface area contributed by atoms with E-state index in [-0.39, 0.29) is 29.5 Å². The van der Waals surface area contributed by atoms with E-state index in [0.29, 0.717) is 16.9 Å². The highest BCUT2D eigenvalue weighted by Gasteiger charge is 2.35. The number of rotatable bonds is 6. The predicted molar refractivity (Wildman–Crippen MR) is 127 cm³/mol. The molecular weight excluding hydrogens is 454 g/mol. The second-order valence-corrected chi connectivity index (χ2v) is 9.13. The topological polar surface area (TPSA) is 106 Å². The number of nitrogens with one attached hydrogen (secondary N) is 1. The third-order valence-corrected chi connectivity index (χ3v) is 6.94. The van der Waals surface area contributed by atoms with E-state index >= 15 is 0 Å². The summed E-state index contributed by atoms with van der Waals surface area (Å²) in [4.78, 5) is 45.9. The van der Waals surface area contributed by atoms with Gasteiger partial charge in [0.05, 0.1) is 23.9 Å². The number of carbonyl (C=O) groups is 3. The van der Waals surface area contributed by atoms with Gasteiger partial charge in [-0.1, -0.05) is 23.5 Å². The molecule has 2 aromatic heterocycles. The fourth-order valence-electron chi connectivity index (χ4n) is 3.84. The molecule has 4 aromatic rings. The van der Waals surface area contributed by atoms with Gasteiger partial charge in [0, 0.05) is 17.0 Å². The van der Waals surface area contributed by atoms with Crippen LogP contribution in [0, 0.1) is 13.8 Å². The Labute approximate surface area is 199 Å². The van der Waals surface area contributed by atoms with Gasteiger partial charge in [-0.3, -0.25) is 24.6 Å². The summed E-state index contributed by atoms with van der Waals surface area (Å²) in [6.45, 7) is 4.16. The van der Waals surface area contributed by atoms with E-state index in [1.807, 2.05) is 38.1 Å². The minimum absolute atomic E-state index is 0.184. The molecule has 0 aliphatic carbocycles. The number of hydrogen-bond acceptors (Lipinski definition) is 7. The molecule has 0 bridgehead atoms. The van der Waals surface area contributed by atoms with Gasteiger partial charge in [0.1, 0.15) is 5.75 Å². The van der Waals surface area contributed by atoms with Crippen molar-refractivity contribution in [2.75, 3.05) is 19.0 Å². The first kappa shape index (κ1) is 21.8. The molecule has 2 aromatic carbocycles. The molecule has 3 heterocycles. The van der Waals surface area contributed by atoms with Crippen LogP contribution >= 0.6 is 11.3 Å². The Morgan fingerprint density at radius 3 is 2.50 bits per heavy atom. The van der Waals surface area contributed by atoms with Gasteiger partial charge >= 0.3 is 0 Å². The average Bonchev–Trinajstić information content (AvgIpc) is 3.43. The maximum atomic E-state index is 12.9. The first-order chi connectivity index (χ1) is 16.4. The average molecular weight is 476 g/mol. The summed E-state index contributed by atoms with van der Waals surface area (Å²) >= 11 is 1.49. The lowest BCUT2D eigenvalue weighted by Gasteiger charge is -2.13. The molecule has 0 saturated heterocycles. The number of carbonyl (C=O) groups excluding carboxylic acids is 3. The Morgan fingerprint density at radius 2 is 1.79 bits per heavy atom. The largest absolute Gasteiger partial charge is 0.497 e. The van der Waals surface area contributed by atoms with E-state index in [0.717, 1.165) is 21.9 Å². The Balaban J connectivity index is 1.30. The van der Waals surface area contributed by atoms with E-state index in [1.165, 1.54) is 34.4 Å². The molecule has 1 N–H and O–H groups in total. The number of amides is 3. The van der Waals surface area contributed by atoms with E-state index in [4.69, 9.17) is 4.74 Å². The van der Waals surface area contributed by atoms with Gasteiger partial charge < -0.3 is 4.74 Å². The standard InChI is InChI=1S/C24H21N5O4S/c1-13-14(2)34-24-26-23(27-29(13)24)25-20(30)16-6-9-18-19(12-16)22(32)28(21(18)31)11-10-15-4-7-17(33-3)8-5-15/h4-9,12H,10-11H2,1-3H3,(H,25,27,30). The molecule has 1 aliphatic heterocycles. The molecule has 0 spiro atoms. The Hall–Kier alpha value is -4.05. The maximum absolute atomic E-state index is 12.9. The van der Waals surface area contributed by atoms with Crippen LogP contribution in [0.25, 0.3) is 4.96 Å². The van der Waals surface area contributed by atoms with Crippen molar-refractivity contribution >= 4 is 40.0 Å². The van der Waals surface area contributed by atoms with Crippen molar-refractivity contribution in [3.63, 3.8) is 0 Å².